The number of benzene rings is 3. The van der Waals surface area contributed by atoms with E-state index >= 15 is 0 Å². The molecule has 2 N–H and O–H groups in total. The van der Waals surface area contributed by atoms with E-state index in [1.165, 1.54) is 7.11 Å². The van der Waals surface area contributed by atoms with Crippen LogP contribution in [0.25, 0.3) is 11.1 Å². The van der Waals surface area contributed by atoms with Crippen LogP contribution in [0.4, 0.5) is 0 Å². The van der Waals surface area contributed by atoms with E-state index in [9.17, 15) is 19.6 Å². The summed E-state index contributed by atoms with van der Waals surface area (Å²) >= 11 is 6.38. The van der Waals surface area contributed by atoms with E-state index in [0.29, 0.717) is 59.8 Å². The Kier molecular flexibility index (Phi) is 9.77. The van der Waals surface area contributed by atoms with E-state index in [1.807, 2.05) is 37.3 Å². The van der Waals surface area contributed by atoms with E-state index in [4.69, 9.17) is 21.1 Å². The van der Waals surface area contributed by atoms with Gasteiger partial charge in [0.25, 0.3) is 5.91 Å². The van der Waals surface area contributed by atoms with Gasteiger partial charge in [-0.15, -0.1) is 0 Å². The number of nitriles is 1. The van der Waals surface area contributed by atoms with E-state index in [2.05, 4.69) is 16.7 Å². The van der Waals surface area contributed by atoms with Crippen LogP contribution in [-0.2, 0) is 14.3 Å². The Morgan fingerprint density at radius 1 is 1.02 bits per heavy atom. The van der Waals surface area contributed by atoms with Gasteiger partial charge in [-0.3, -0.25) is 9.59 Å². The normalized spacial score (nSPS) is 15.6. The predicted octanol–water partition coefficient (Wildman–Crippen LogP) is 5.27. The third kappa shape index (κ3) is 7.31. The highest BCUT2D eigenvalue weighted by molar-refractivity contribution is 6.33. The van der Waals surface area contributed by atoms with Crippen molar-refractivity contribution in [2.24, 2.45) is 0 Å². The van der Waals surface area contributed by atoms with Crippen molar-refractivity contribution in [2.45, 2.75) is 43.7 Å². The molecule has 41 heavy (non-hydrogen) atoms. The minimum absolute atomic E-state index is 0.0356. The molecule has 0 unspecified atom stereocenters. The summed E-state index contributed by atoms with van der Waals surface area (Å²) in [5.41, 5.74) is 2.04. The maximum absolute atomic E-state index is 13.5. The van der Waals surface area contributed by atoms with Crippen molar-refractivity contribution >= 4 is 29.4 Å². The lowest BCUT2D eigenvalue weighted by Crippen LogP contribution is -2.57. The van der Waals surface area contributed by atoms with Gasteiger partial charge in [-0.2, -0.15) is 5.26 Å². The Bertz CT molecular complexity index is 1430. The number of ether oxygens (including phenoxy) is 2. The largest absolute Gasteiger partial charge is 0.465 e. The van der Waals surface area contributed by atoms with Gasteiger partial charge in [0.2, 0.25) is 5.91 Å². The van der Waals surface area contributed by atoms with Crippen molar-refractivity contribution in [3.05, 3.63) is 94.5 Å². The number of esters is 1. The molecular formula is C32H32ClN3O5. The van der Waals surface area contributed by atoms with Crippen molar-refractivity contribution in [3.63, 3.8) is 0 Å². The lowest BCUT2D eigenvalue weighted by atomic mass is 9.89. The number of nitrogens with zero attached hydrogens (tertiary/aromatic N) is 1. The first-order valence-corrected chi connectivity index (χ1v) is 13.8. The topological polar surface area (TPSA) is 118 Å². The number of halogens is 1. The van der Waals surface area contributed by atoms with Crippen molar-refractivity contribution in [1.82, 2.24) is 10.6 Å². The van der Waals surface area contributed by atoms with E-state index in [-0.39, 0.29) is 5.92 Å². The first-order chi connectivity index (χ1) is 19.7. The standard InChI is InChI=1S/C32H32ClN3O5/c1-21(22-6-4-3-5-7-22)18-28(30(38)36-32(20-34)14-16-41-17-15-32)35-29(37)24-10-8-23(9-11-24)26-19-25(31(39)40-2)12-13-27(26)33/h3-13,19,21,28H,14-18H2,1-2H3,(H,35,37)(H,36,38)/t21-,28-/m0/s1. The first kappa shape index (κ1) is 29.8. The Balaban J connectivity index is 1.54. The zero-order valence-electron chi connectivity index (χ0n) is 23.0. The molecule has 0 aromatic heterocycles. The van der Waals surface area contributed by atoms with Gasteiger partial charge in [0.15, 0.2) is 0 Å². The number of methoxy groups -OCH3 is 1. The fourth-order valence-corrected chi connectivity index (χ4v) is 5.07. The molecule has 1 heterocycles. The summed E-state index contributed by atoms with van der Waals surface area (Å²) in [7, 11) is 1.31. The Hall–Kier alpha value is -4.19. The molecule has 0 aliphatic carbocycles. The van der Waals surface area contributed by atoms with Crippen LogP contribution in [0.3, 0.4) is 0 Å². The number of nitrogens with one attached hydrogen (secondary N) is 2. The average molecular weight is 574 g/mol. The van der Waals surface area contributed by atoms with Gasteiger partial charge >= 0.3 is 5.97 Å². The van der Waals surface area contributed by atoms with Crippen molar-refractivity contribution in [1.29, 1.82) is 5.26 Å². The summed E-state index contributed by atoms with van der Waals surface area (Å²) in [5, 5.41) is 16.1. The number of hydrogen-bond acceptors (Lipinski definition) is 6. The molecule has 9 heteroatoms. The second-order valence-electron chi connectivity index (χ2n) is 10.1. The Morgan fingerprint density at radius 2 is 1.68 bits per heavy atom. The van der Waals surface area contributed by atoms with Crippen molar-refractivity contribution < 1.29 is 23.9 Å². The predicted molar refractivity (Wildman–Crippen MR) is 155 cm³/mol. The van der Waals surface area contributed by atoms with E-state index in [0.717, 1.165) is 5.56 Å². The molecule has 1 fully saturated rings. The molecule has 212 valence electrons. The number of carbonyl (C=O) groups excluding carboxylic acids is 3. The molecular weight excluding hydrogens is 542 g/mol. The SMILES string of the molecule is COC(=O)c1ccc(Cl)c(-c2ccc(C(=O)N[C@@H](C[C@H](C)c3ccccc3)C(=O)NC3(C#N)CCOCC3)cc2)c1. The third-order valence-corrected chi connectivity index (χ3v) is 7.68. The molecule has 1 saturated heterocycles. The fraction of sp³-hybridized carbons (Fsp3) is 0.312. The zero-order valence-corrected chi connectivity index (χ0v) is 23.7. The summed E-state index contributed by atoms with van der Waals surface area (Å²) in [5.74, 6) is -1.35. The van der Waals surface area contributed by atoms with Crippen LogP contribution >= 0.6 is 11.6 Å². The zero-order chi connectivity index (χ0) is 29.4. The lowest BCUT2D eigenvalue weighted by Gasteiger charge is -2.33. The molecule has 0 bridgehead atoms. The molecule has 2 amide bonds. The minimum Gasteiger partial charge on any atom is -0.465 e. The number of carbonyl (C=O) groups is 3. The number of hydrogen-bond donors (Lipinski definition) is 2. The van der Waals surface area contributed by atoms with Gasteiger partial charge in [0.05, 0.1) is 18.7 Å². The van der Waals surface area contributed by atoms with Gasteiger partial charge in [-0.05, 0) is 53.8 Å². The fourth-order valence-electron chi connectivity index (χ4n) is 4.84. The van der Waals surface area contributed by atoms with Gasteiger partial charge in [-0.25, -0.2) is 4.79 Å². The van der Waals surface area contributed by atoms with Gasteiger partial charge < -0.3 is 20.1 Å². The highest BCUT2D eigenvalue weighted by atomic mass is 35.5. The van der Waals surface area contributed by atoms with Crippen LogP contribution in [0.2, 0.25) is 5.02 Å². The maximum Gasteiger partial charge on any atom is 0.337 e. The molecule has 3 aromatic rings. The summed E-state index contributed by atoms with van der Waals surface area (Å²) in [4.78, 5) is 38.8. The van der Waals surface area contributed by atoms with E-state index < -0.39 is 29.4 Å². The number of rotatable bonds is 9. The molecule has 0 saturated carbocycles. The third-order valence-electron chi connectivity index (χ3n) is 7.35. The molecule has 1 aliphatic heterocycles. The van der Waals surface area contributed by atoms with Crippen LogP contribution in [-0.4, -0.2) is 49.7 Å². The average Bonchev–Trinajstić information content (AvgIpc) is 3.01. The quantitative estimate of drug-likeness (QED) is 0.337. The summed E-state index contributed by atoms with van der Waals surface area (Å²) < 4.78 is 10.2. The summed E-state index contributed by atoms with van der Waals surface area (Å²) in [6, 6.07) is 22.7. The number of amides is 2. The Labute approximate surface area is 244 Å². The molecule has 1 aliphatic rings. The second kappa shape index (κ2) is 13.4. The van der Waals surface area contributed by atoms with Crippen LogP contribution in [0, 0.1) is 11.3 Å². The minimum atomic E-state index is -1.03. The van der Waals surface area contributed by atoms with Crippen LogP contribution in [0.1, 0.15) is 58.4 Å². The summed E-state index contributed by atoms with van der Waals surface area (Å²) in [6.45, 7) is 2.76. The van der Waals surface area contributed by atoms with Gasteiger partial charge in [0, 0.05) is 42.2 Å². The second-order valence-corrected chi connectivity index (χ2v) is 10.5. The van der Waals surface area contributed by atoms with Crippen LogP contribution in [0.15, 0.2) is 72.8 Å². The molecule has 2 atom stereocenters. The van der Waals surface area contributed by atoms with Gasteiger partial charge in [0.1, 0.15) is 11.6 Å². The smallest absolute Gasteiger partial charge is 0.337 e. The van der Waals surface area contributed by atoms with Crippen LogP contribution < -0.4 is 10.6 Å². The Morgan fingerprint density at radius 3 is 2.32 bits per heavy atom. The van der Waals surface area contributed by atoms with Crippen LogP contribution in [0.5, 0.6) is 0 Å². The lowest BCUT2D eigenvalue weighted by molar-refractivity contribution is -0.125. The first-order valence-electron chi connectivity index (χ1n) is 13.4. The van der Waals surface area contributed by atoms with Gasteiger partial charge in [-0.1, -0.05) is 61.0 Å². The van der Waals surface area contributed by atoms with Crippen molar-refractivity contribution in [3.8, 4) is 17.2 Å². The molecule has 3 aromatic carbocycles. The molecule has 4 rings (SSSR count). The molecule has 8 nitrogen and oxygen atoms in total. The highest BCUT2D eigenvalue weighted by Gasteiger charge is 2.37. The molecule has 0 radical (unpaired) electrons. The van der Waals surface area contributed by atoms with E-state index in [1.54, 1.807) is 42.5 Å². The molecule has 0 spiro atoms. The van der Waals surface area contributed by atoms with Crippen molar-refractivity contribution in [2.75, 3.05) is 20.3 Å². The maximum atomic E-state index is 13.5. The highest BCUT2D eigenvalue weighted by Crippen LogP contribution is 2.30. The summed E-state index contributed by atoms with van der Waals surface area (Å²) in [6.07, 6.45) is 1.10. The monoisotopic (exact) mass is 573 g/mol.